The lowest BCUT2D eigenvalue weighted by molar-refractivity contribution is -0.0493. The molecule has 170 valence electrons. The first-order valence-electron chi connectivity index (χ1n) is 9.55. The highest BCUT2D eigenvalue weighted by atomic mass is 19.3. The van der Waals surface area contributed by atoms with Crippen LogP contribution in [0.3, 0.4) is 0 Å². The van der Waals surface area contributed by atoms with E-state index in [1.165, 1.54) is 30.3 Å². The predicted octanol–water partition coefficient (Wildman–Crippen LogP) is 5.67. The molecular formula is C22H16F4N4O3. The zero-order valence-corrected chi connectivity index (χ0v) is 16.7. The number of aromatic nitrogens is 2. The van der Waals surface area contributed by atoms with Crippen molar-refractivity contribution in [2.45, 2.75) is 13.2 Å². The van der Waals surface area contributed by atoms with Gasteiger partial charge in [-0.2, -0.15) is 13.9 Å². The molecule has 7 nitrogen and oxygen atoms in total. The zero-order valence-electron chi connectivity index (χ0n) is 16.7. The first kappa shape index (κ1) is 21.9. The van der Waals surface area contributed by atoms with Gasteiger partial charge in [-0.3, -0.25) is 10.4 Å². The van der Waals surface area contributed by atoms with Crippen LogP contribution < -0.4 is 20.1 Å². The topological polar surface area (TPSA) is 88.3 Å². The van der Waals surface area contributed by atoms with Gasteiger partial charge in [0.1, 0.15) is 29.7 Å². The van der Waals surface area contributed by atoms with Crippen molar-refractivity contribution >= 4 is 28.4 Å². The summed E-state index contributed by atoms with van der Waals surface area (Å²) in [6.07, 6.45) is 0. The molecular weight excluding hydrogens is 444 g/mol. The highest BCUT2D eigenvalue weighted by Gasteiger charge is 2.14. The fraction of sp³-hybridized carbons (Fsp3) is 0.0909. The second-order valence-corrected chi connectivity index (χ2v) is 6.80. The van der Waals surface area contributed by atoms with E-state index >= 15 is 0 Å². The minimum atomic E-state index is -3.04. The summed E-state index contributed by atoms with van der Waals surface area (Å²) in [4.78, 5) is 12.3. The summed E-state index contributed by atoms with van der Waals surface area (Å²) < 4.78 is 61.6. The zero-order chi connectivity index (χ0) is 23.4. The lowest BCUT2D eigenvalue weighted by Gasteiger charge is -2.11. The van der Waals surface area contributed by atoms with Gasteiger partial charge in [-0.15, -0.1) is 0 Å². The number of hydrogen-bond donors (Lipinski definition) is 3. The highest BCUT2D eigenvalue weighted by Crippen LogP contribution is 2.28. The molecule has 0 spiro atoms. The van der Waals surface area contributed by atoms with E-state index < -0.39 is 24.3 Å². The predicted molar refractivity (Wildman–Crippen MR) is 112 cm³/mol. The van der Waals surface area contributed by atoms with Crippen molar-refractivity contribution in [1.29, 1.82) is 0 Å². The van der Waals surface area contributed by atoms with Gasteiger partial charge in [-0.25, -0.2) is 13.6 Å². The molecule has 0 aliphatic heterocycles. The second-order valence-electron chi connectivity index (χ2n) is 6.80. The summed E-state index contributed by atoms with van der Waals surface area (Å²) in [5, 5.41) is 12.3. The molecule has 0 saturated carbocycles. The van der Waals surface area contributed by atoms with E-state index in [4.69, 9.17) is 4.74 Å². The van der Waals surface area contributed by atoms with Crippen molar-refractivity contribution in [3.8, 4) is 11.5 Å². The molecule has 0 bridgehead atoms. The molecule has 0 radical (unpaired) electrons. The molecule has 11 heteroatoms. The maximum atomic E-state index is 13.3. The molecule has 2 amide bonds. The number of carbonyl (C=O) groups excluding carboxylic acids is 1. The molecule has 33 heavy (non-hydrogen) atoms. The number of nitrogens with one attached hydrogen (secondary N) is 3. The smallest absolute Gasteiger partial charge is 0.387 e. The van der Waals surface area contributed by atoms with E-state index in [0.717, 1.165) is 6.07 Å². The first-order valence-corrected chi connectivity index (χ1v) is 9.55. The molecule has 4 aromatic rings. The minimum absolute atomic E-state index is 0.0536. The molecule has 0 aliphatic rings. The summed E-state index contributed by atoms with van der Waals surface area (Å²) in [5.74, 6) is -0.988. The summed E-state index contributed by atoms with van der Waals surface area (Å²) in [5.41, 5.74) is 0.904. The number of para-hydroxylation sites is 2. The Balaban J connectivity index is 1.43. The number of aromatic amines is 1. The van der Waals surface area contributed by atoms with Crippen LogP contribution in [0, 0.1) is 11.6 Å². The van der Waals surface area contributed by atoms with E-state index in [0.29, 0.717) is 22.2 Å². The number of H-pyrrole nitrogens is 1. The molecule has 3 aromatic carbocycles. The van der Waals surface area contributed by atoms with Crippen molar-refractivity contribution < 1.29 is 31.8 Å². The van der Waals surface area contributed by atoms with Crippen LogP contribution in [0.25, 0.3) is 10.9 Å². The van der Waals surface area contributed by atoms with Crippen molar-refractivity contribution in [3.05, 3.63) is 77.9 Å². The van der Waals surface area contributed by atoms with Crippen LogP contribution in [0.5, 0.6) is 11.5 Å². The number of amides is 2. The SMILES string of the molecule is O=C(Nc1ccccc1OC(F)F)Nc1n[nH]c2cc(OCc3cc(F)cc(F)c3)ccc12. The lowest BCUT2D eigenvalue weighted by Crippen LogP contribution is -2.20. The fourth-order valence-corrected chi connectivity index (χ4v) is 3.07. The average Bonchev–Trinajstić information content (AvgIpc) is 3.14. The van der Waals surface area contributed by atoms with E-state index in [-0.39, 0.29) is 23.9 Å². The minimum Gasteiger partial charge on any atom is -0.489 e. The summed E-state index contributed by atoms with van der Waals surface area (Å²) >= 11 is 0. The monoisotopic (exact) mass is 460 g/mol. The van der Waals surface area contributed by atoms with Crippen LogP contribution in [0.4, 0.5) is 33.9 Å². The van der Waals surface area contributed by atoms with Crippen molar-refractivity contribution in [3.63, 3.8) is 0 Å². The Bertz CT molecular complexity index is 1280. The Hall–Kier alpha value is -4.28. The maximum absolute atomic E-state index is 13.3. The van der Waals surface area contributed by atoms with Gasteiger partial charge in [0.25, 0.3) is 0 Å². The van der Waals surface area contributed by atoms with Gasteiger partial charge < -0.3 is 14.8 Å². The molecule has 0 atom stereocenters. The molecule has 0 saturated heterocycles. The van der Waals surface area contributed by atoms with Crippen LogP contribution in [-0.2, 0) is 6.61 Å². The molecule has 0 fully saturated rings. The number of alkyl halides is 2. The summed E-state index contributed by atoms with van der Waals surface area (Å²) in [6.45, 7) is -3.09. The molecule has 1 aromatic heterocycles. The standard InChI is InChI=1S/C22H16F4N4O3/c23-13-7-12(8-14(24)9-13)11-32-15-5-6-16-18(10-15)29-30-20(16)28-22(31)27-17-3-1-2-4-19(17)33-21(25)26/h1-10,21H,11H2,(H3,27,28,29,30,31). The van der Waals surface area contributed by atoms with E-state index in [9.17, 15) is 22.4 Å². The molecule has 4 rings (SSSR count). The number of urea groups is 1. The number of carbonyl (C=O) groups is 1. The number of hydrogen-bond acceptors (Lipinski definition) is 4. The van der Waals surface area contributed by atoms with Crippen molar-refractivity contribution in [2.24, 2.45) is 0 Å². The third-order valence-corrected chi connectivity index (χ3v) is 4.45. The Labute approximate surface area is 184 Å². The van der Waals surface area contributed by atoms with Crippen LogP contribution in [-0.4, -0.2) is 22.8 Å². The van der Waals surface area contributed by atoms with E-state index in [1.807, 2.05) is 0 Å². The number of halogens is 4. The second kappa shape index (κ2) is 9.47. The largest absolute Gasteiger partial charge is 0.489 e. The van der Waals surface area contributed by atoms with Gasteiger partial charge in [-0.05, 0) is 42.0 Å². The van der Waals surface area contributed by atoms with Crippen LogP contribution in [0.2, 0.25) is 0 Å². The molecule has 0 unspecified atom stereocenters. The van der Waals surface area contributed by atoms with E-state index in [2.05, 4.69) is 25.6 Å². The van der Waals surface area contributed by atoms with Gasteiger partial charge >= 0.3 is 12.6 Å². The summed E-state index contributed by atoms with van der Waals surface area (Å²) in [6, 6.07) is 13.0. The Kier molecular flexibility index (Phi) is 6.29. The molecule has 3 N–H and O–H groups in total. The number of fused-ring (bicyclic) bond motifs is 1. The van der Waals surface area contributed by atoms with Gasteiger partial charge in [0.15, 0.2) is 5.82 Å². The summed E-state index contributed by atoms with van der Waals surface area (Å²) in [7, 11) is 0. The third-order valence-electron chi connectivity index (χ3n) is 4.45. The van der Waals surface area contributed by atoms with Crippen LogP contribution >= 0.6 is 0 Å². The van der Waals surface area contributed by atoms with Gasteiger partial charge in [0.05, 0.1) is 11.2 Å². The normalized spacial score (nSPS) is 10.9. The number of ether oxygens (including phenoxy) is 2. The lowest BCUT2D eigenvalue weighted by atomic mass is 10.2. The molecule has 0 aliphatic carbocycles. The Morgan fingerprint density at radius 2 is 1.76 bits per heavy atom. The van der Waals surface area contributed by atoms with E-state index in [1.54, 1.807) is 24.3 Å². The van der Waals surface area contributed by atoms with Gasteiger partial charge in [0.2, 0.25) is 0 Å². The van der Waals surface area contributed by atoms with Crippen LogP contribution in [0.1, 0.15) is 5.56 Å². The Morgan fingerprint density at radius 3 is 2.52 bits per heavy atom. The number of anilines is 2. The van der Waals surface area contributed by atoms with Gasteiger partial charge in [-0.1, -0.05) is 12.1 Å². The third kappa shape index (κ3) is 5.50. The maximum Gasteiger partial charge on any atom is 0.387 e. The van der Waals surface area contributed by atoms with Crippen LogP contribution in [0.15, 0.2) is 60.7 Å². The Morgan fingerprint density at radius 1 is 1.00 bits per heavy atom. The quantitative estimate of drug-likeness (QED) is 0.310. The van der Waals surface area contributed by atoms with Crippen molar-refractivity contribution in [1.82, 2.24) is 10.2 Å². The first-order chi connectivity index (χ1) is 15.9. The van der Waals surface area contributed by atoms with Crippen molar-refractivity contribution in [2.75, 3.05) is 10.6 Å². The number of benzene rings is 3. The molecule has 1 heterocycles. The number of rotatable bonds is 7. The average molecular weight is 460 g/mol. The number of nitrogens with zero attached hydrogens (tertiary/aromatic N) is 1. The highest BCUT2D eigenvalue weighted by molar-refractivity contribution is 6.05. The fourth-order valence-electron chi connectivity index (χ4n) is 3.07. The van der Waals surface area contributed by atoms with Gasteiger partial charge in [0, 0.05) is 17.5 Å².